The van der Waals surface area contributed by atoms with Gasteiger partial charge in [0.25, 0.3) is 0 Å². The van der Waals surface area contributed by atoms with E-state index in [1.165, 1.54) is 12.3 Å². The number of rotatable bonds is 5. The van der Waals surface area contributed by atoms with Gasteiger partial charge in [0, 0.05) is 19.4 Å². The summed E-state index contributed by atoms with van der Waals surface area (Å²) in [6.45, 7) is 2.46. The van der Waals surface area contributed by atoms with E-state index in [4.69, 9.17) is 4.42 Å². The summed E-state index contributed by atoms with van der Waals surface area (Å²) < 4.78 is 19.0. The molecule has 0 atom stereocenters. The molecule has 0 radical (unpaired) electrons. The molecule has 2 rings (SSSR count). The normalized spacial score (nSPS) is 10.4. The second kappa shape index (κ2) is 6.13. The molecule has 0 fully saturated rings. The summed E-state index contributed by atoms with van der Waals surface area (Å²) in [6, 6.07) is 6.34. The van der Waals surface area contributed by atoms with E-state index in [1.54, 1.807) is 18.2 Å². The van der Waals surface area contributed by atoms with Gasteiger partial charge in [0.05, 0.1) is 11.8 Å². The minimum Gasteiger partial charge on any atom is -0.441 e. The first-order valence-electron chi connectivity index (χ1n) is 6.17. The topological polar surface area (TPSA) is 55.1 Å². The van der Waals surface area contributed by atoms with Crippen LogP contribution in [0.2, 0.25) is 0 Å². The van der Waals surface area contributed by atoms with Gasteiger partial charge >= 0.3 is 0 Å². The molecule has 100 valence electrons. The van der Waals surface area contributed by atoms with E-state index in [1.807, 2.05) is 6.92 Å². The second-order valence-corrected chi connectivity index (χ2v) is 4.05. The largest absolute Gasteiger partial charge is 0.441 e. The van der Waals surface area contributed by atoms with E-state index in [-0.39, 0.29) is 11.7 Å². The van der Waals surface area contributed by atoms with Gasteiger partial charge in [0.1, 0.15) is 5.82 Å². The highest BCUT2D eigenvalue weighted by atomic mass is 19.1. The summed E-state index contributed by atoms with van der Waals surface area (Å²) in [5.41, 5.74) is 0.374. The molecule has 0 unspecified atom stereocenters. The minimum absolute atomic E-state index is 0.0480. The maximum Gasteiger partial charge on any atom is 0.220 e. The predicted molar refractivity (Wildman–Crippen MR) is 68.9 cm³/mol. The highest BCUT2D eigenvalue weighted by molar-refractivity contribution is 5.75. The number of amides is 1. The molecule has 4 nitrogen and oxygen atoms in total. The van der Waals surface area contributed by atoms with Crippen LogP contribution in [0.3, 0.4) is 0 Å². The van der Waals surface area contributed by atoms with E-state index in [9.17, 15) is 9.18 Å². The Morgan fingerprint density at radius 1 is 1.42 bits per heavy atom. The molecule has 1 aromatic carbocycles. The van der Waals surface area contributed by atoms with Gasteiger partial charge in [-0.2, -0.15) is 0 Å². The Balaban J connectivity index is 2.04. The van der Waals surface area contributed by atoms with Crippen molar-refractivity contribution in [1.29, 1.82) is 0 Å². The van der Waals surface area contributed by atoms with Crippen LogP contribution in [0.15, 0.2) is 34.9 Å². The molecule has 0 saturated heterocycles. The zero-order valence-electron chi connectivity index (χ0n) is 10.6. The lowest BCUT2D eigenvalue weighted by Gasteiger charge is -1.99. The van der Waals surface area contributed by atoms with Crippen LogP contribution in [-0.4, -0.2) is 17.4 Å². The Bertz CT molecular complexity index is 566. The third kappa shape index (κ3) is 3.40. The van der Waals surface area contributed by atoms with E-state index in [2.05, 4.69) is 10.3 Å². The fourth-order valence-corrected chi connectivity index (χ4v) is 1.72. The molecule has 5 heteroatoms. The van der Waals surface area contributed by atoms with Crippen molar-refractivity contribution >= 4 is 5.91 Å². The fraction of sp³-hybridized carbons (Fsp3) is 0.286. The Morgan fingerprint density at radius 3 is 2.95 bits per heavy atom. The summed E-state index contributed by atoms with van der Waals surface area (Å²) >= 11 is 0. The maximum absolute atomic E-state index is 13.5. The number of benzene rings is 1. The zero-order chi connectivity index (χ0) is 13.7. The minimum atomic E-state index is -0.353. The molecule has 0 spiro atoms. The van der Waals surface area contributed by atoms with Gasteiger partial charge in [-0.25, -0.2) is 9.37 Å². The number of hydrogen-bond acceptors (Lipinski definition) is 3. The predicted octanol–water partition coefficient (Wildman–Crippen LogP) is 2.55. The molecule has 0 aliphatic carbocycles. The van der Waals surface area contributed by atoms with Crippen molar-refractivity contribution in [3.8, 4) is 11.3 Å². The van der Waals surface area contributed by atoms with Crippen LogP contribution in [0.4, 0.5) is 4.39 Å². The maximum atomic E-state index is 13.5. The zero-order valence-corrected chi connectivity index (χ0v) is 10.6. The van der Waals surface area contributed by atoms with E-state index in [0.717, 1.165) is 0 Å². The molecule has 1 heterocycles. The first-order chi connectivity index (χ1) is 9.20. The van der Waals surface area contributed by atoms with E-state index in [0.29, 0.717) is 36.6 Å². The van der Waals surface area contributed by atoms with Crippen LogP contribution >= 0.6 is 0 Å². The third-order valence-electron chi connectivity index (χ3n) is 2.63. The van der Waals surface area contributed by atoms with Crippen LogP contribution in [0.5, 0.6) is 0 Å². The second-order valence-electron chi connectivity index (χ2n) is 4.05. The van der Waals surface area contributed by atoms with Crippen molar-refractivity contribution < 1.29 is 13.6 Å². The van der Waals surface area contributed by atoms with Crippen LogP contribution in [0, 0.1) is 5.82 Å². The van der Waals surface area contributed by atoms with Crippen LogP contribution < -0.4 is 5.32 Å². The molecular formula is C14H15FN2O2. The highest BCUT2D eigenvalue weighted by Crippen LogP contribution is 2.23. The molecule has 2 aromatic rings. The number of nitrogens with zero attached hydrogens (tertiary/aromatic N) is 1. The Morgan fingerprint density at radius 2 is 2.21 bits per heavy atom. The number of aromatic nitrogens is 1. The first-order valence-corrected chi connectivity index (χ1v) is 6.17. The SMILES string of the molecule is CCNC(=O)CCc1ncc(-c2ccccc2F)o1. The van der Waals surface area contributed by atoms with Gasteiger partial charge in [-0.15, -0.1) is 0 Å². The van der Waals surface area contributed by atoms with Gasteiger partial charge in [0.15, 0.2) is 11.7 Å². The van der Waals surface area contributed by atoms with Crippen molar-refractivity contribution in [3.05, 3.63) is 42.2 Å². The molecule has 1 N–H and O–H groups in total. The Kier molecular flexibility index (Phi) is 4.28. The van der Waals surface area contributed by atoms with E-state index < -0.39 is 0 Å². The Labute approximate surface area is 110 Å². The summed E-state index contributed by atoms with van der Waals surface area (Å²) in [5.74, 6) is 0.413. The average Bonchev–Trinajstić information content (AvgIpc) is 2.86. The van der Waals surface area contributed by atoms with Gasteiger partial charge in [0.2, 0.25) is 5.91 Å². The van der Waals surface area contributed by atoms with Crippen LogP contribution in [0.1, 0.15) is 19.2 Å². The number of aryl methyl sites for hydroxylation is 1. The monoisotopic (exact) mass is 262 g/mol. The summed E-state index contributed by atoms with van der Waals surface area (Å²) in [6.07, 6.45) is 2.19. The van der Waals surface area contributed by atoms with E-state index >= 15 is 0 Å². The standard InChI is InChI=1S/C14H15FN2O2/c1-2-16-13(18)7-8-14-17-9-12(19-14)10-5-3-4-6-11(10)15/h3-6,9H,2,7-8H2,1H3,(H,16,18). The molecule has 1 amide bonds. The smallest absolute Gasteiger partial charge is 0.220 e. The quantitative estimate of drug-likeness (QED) is 0.901. The lowest BCUT2D eigenvalue weighted by atomic mass is 10.2. The van der Waals surface area contributed by atoms with Gasteiger partial charge in [-0.1, -0.05) is 12.1 Å². The first kappa shape index (κ1) is 13.3. The summed E-state index contributed by atoms with van der Waals surface area (Å²) in [5, 5.41) is 2.69. The molecule has 19 heavy (non-hydrogen) atoms. The number of halogens is 1. The summed E-state index contributed by atoms with van der Waals surface area (Å²) in [4.78, 5) is 15.4. The van der Waals surface area contributed by atoms with Crippen molar-refractivity contribution in [3.63, 3.8) is 0 Å². The molecule has 0 aliphatic rings. The van der Waals surface area contributed by atoms with Gasteiger partial charge in [-0.3, -0.25) is 4.79 Å². The van der Waals surface area contributed by atoms with Crippen molar-refractivity contribution in [2.45, 2.75) is 19.8 Å². The van der Waals surface area contributed by atoms with Crippen molar-refractivity contribution in [1.82, 2.24) is 10.3 Å². The van der Waals surface area contributed by atoms with Crippen LogP contribution in [0.25, 0.3) is 11.3 Å². The number of carbonyl (C=O) groups excluding carboxylic acids is 1. The van der Waals surface area contributed by atoms with Gasteiger partial charge in [-0.05, 0) is 19.1 Å². The lowest BCUT2D eigenvalue weighted by Crippen LogP contribution is -2.22. The molecule has 0 saturated carbocycles. The van der Waals surface area contributed by atoms with Crippen molar-refractivity contribution in [2.75, 3.05) is 6.54 Å². The molecular weight excluding hydrogens is 247 g/mol. The Hall–Kier alpha value is -2.17. The fourth-order valence-electron chi connectivity index (χ4n) is 1.72. The third-order valence-corrected chi connectivity index (χ3v) is 2.63. The average molecular weight is 262 g/mol. The number of hydrogen-bond donors (Lipinski definition) is 1. The highest BCUT2D eigenvalue weighted by Gasteiger charge is 2.11. The number of nitrogens with one attached hydrogen (secondary N) is 1. The molecule has 1 aromatic heterocycles. The van der Waals surface area contributed by atoms with Crippen molar-refractivity contribution in [2.24, 2.45) is 0 Å². The summed E-state index contributed by atoms with van der Waals surface area (Å²) in [7, 11) is 0. The van der Waals surface area contributed by atoms with Gasteiger partial charge < -0.3 is 9.73 Å². The van der Waals surface area contributed by atoms with Crippen LogP contribution in [-0.2, 0) is 11.2 Å². The molecule has 0 aliphatic heterocycles. The lowest BCUT2D eigenvalue weighted by molar-refractivity contribution is -0.121. The number of carbonyl (C=O) groups is 1. The molecule has 0 bridgehead atoms. The number of oxazole rings is 1.